The Labute approximate surface area is 142 Å². The van der Waals surface area contributed by atoms with E-state index in [0.29, 0.717) is 24.9 Å². The predicted octanol–water partition coefficient (Wildman–Crippen LogP) is 1.90. The molecule has 1 unspecified atom stereocenters. The average Bonchev–Trinajstić information content (AvgIpc) is 3.23. The fourth-order valence-electron chi connectivity index (χ4n) is 3.84. The van der Waals surface area contributed by atoms with Crippen LogP contribution in [0.3, 0.4) is 0 Å². The van der Waals surface area contributed by atoms with Crippen molar-refractivity contribution in [2.24, 2.45) is 18.9 Å². The van der Waals surface area contributed by atoms with Crippen LogP contribution in [-0.2, 0) is 17.1 Å². The zero-order valence-corrected chi connectivity index (χ0v) is 14.4. The molecule has 0 bridgehead atoms. The molecule has 0 radical (unpaired) electrons. The Morgan fingerprint density at radius 2 is 1.79 bits per heavy atom. The molecule has 0 amide bonds. The Bertz CT molecular complexity index is 805. The number of nitrogens with zero attached hydrogens (tertiary/aromatic N) is 3. The summed E-state index contributed by atoms with van der Waals surface area (Å²) < 4.78 is 34.6. The van der Waals surface area contributed by atoms with Gasteiger partial charge in [0.15, 0.2) is 5.03 Å². The van der Waals surface area contributed by atoms with Crippen LogP contribution in [0.4, 0.5) is 0 Å². The molecule has 24 heavy (non-hydrogen) atoms. The lowest BCUT2D eigenvalue weighted by molar-refractivity contribution is 0.195. The van der Waals surface area contributed by atoms with Crippen LogP contribution >= 0.6 is 0 Å². The molecule has 2 aliphatic rings. The quantitative estimate of drug-likeness (QED) is 0.847. The molecular formula is C17H21N3O3S. The first kappa shape index (κ1) is 15.7. The molecule has 1 aromatic heterocycles. The number of hydrogen-bond acceptors (Lipinski definition) is 4. The number of rotatable bonds is 4. The summed E-state index contributed by atoms with van der Waals surface area (Å²) in [4.78, 5) is 4.01. The predicted molar refractivity (Wildman–Crippen MR) is 89.0 cm³/mol. The van der Waals surface area contributed by atoms with Crippen LogP contribution < -0.4 is 4.74 Å². The van der Waals surface area contributed by atoms with Crippen molar-refractivity contribution in [2.75, 3.05) is 13.1 Å². The first-order valence-corrected chi connectivity index (χ1v) is 9.66. The van der Waals surface area contributed by atoms with Gasteiger partial charge in [-0.15, -0.1) is 0 Å². The first-order chi connectivity index (χ1) is 11.5. The summed E-state index contributed by atoms with van der Waals surface area (Å²) in [6.07, 6.45) is 5.09. The standard InChI is InChI=1S/C17H21N3O3S/c1-19-11-17(18-12-19)24(21,22)20-9-13-7-16(8-14(13)10-20)23-15-5-3-2-4-6-15/h2-6,11-14,16H,7-10H2,1H3/t13-,14+,16?. The van der Waals surface area contributed by atoms with Gasteiger partial charge in [0.1, 0.15) is 5.75 Å². The minimum Gasteiger partial charge on any atom is -0.490 e. The smallest absolute Gasteiger partial charge is 0.262 e. The maximum absolute atomic E-state index is 12.7. The molecule has 7 heteroatoms. The highest BCUT2D eigenvalue weighted by atomic mass is 32.2. The summed E-state index contributed by atoms with van der Waals surface area (Å²) in [5.74, 6) is 1.63. The molecule has 0 N–H and O–H groups in total. The van der Waals surface area contributed by atoms with Gasteiger partial charge in [-0.3, -0.25) is 0 Å². The molecule has 0 spiro atoms. The first-order valence-electron chi connectivity index (χ1n) is 8.22. The molecule has 1 saturated carbocycles. The monoisotopic (exact) mass is 347 g/mol. The Morgan fingerprint density at radius 3 is 2.38 bits per heavy atom. The molecule has 128 valence electrons. The van der Waals surface area contributed by atoms with Crippen molar-refractivity contribution in [1.29, 1.82) is 0 Å². The van der Waals surface area contributed by atoms with Crippen molar-refractivity contribution < 1.29 is 13.2 Å². The lowest BCUT2D eigenvalue weighted by atomic mass is 10.0. The van der Waals surface area contributed by atoms with Gasteiger partial charge in [-0.2, -0.15) is 4.31 Å². The fraction of sp³-hybridized carbons (Fsp3) is 0.471. The molecule has 1 aliphatic carbocycles. The van der Waals surface area contributed by atoms with Crippen molar-refractivity contribution in [3.05, 3.63) is 42.9 Å². The summed E-state index contributed by atoms with van der Waals surface area (Å²) in [6.45, 7) is 1.14. The zero-order valence-electron chi connectivity index (χ0n) is 13.6. The van der Waals surface area contributed by atoms with Crippen LogP contribution in [0.1, 0.15) is 12.8 Å². The van der Waals surface area contributed by atoms with E-state index in [4.69, 9.17) is 4.74 Å². The zero-order chi connectivity index (χ0) is 16.7. The van der Waals surface area contributed by atoms with Gasteiger partial charge in [-0.05, 0) is 36.8 Å². The van der Waals surface area contributed by atoms with Gasteiger partial charge >= 0.3 is 0 Å². The number of fused-ring (bicyclic) bond motifs is 1. The van der Waals surface area contributed by atoms with Crippen LogP contribution in [0.25, 0.3) is 0 Å². The summed E-state index contributed by atoms with van der Waals surface area (Å²) in [7, 11) is -1.70. The molecule has 1 aromatic carbocycles. The maximum atomic E-state index is 12.7. The second kappa shape index (κ2) is 5.89. The van der Waals surface area contributed by atoms with E-state index in [0.717, 1.165) is 18.6 Å². The summed E-state index contributed by atoms with van der Waals surface area (Å²) in [6, 6.07) is 9.83. The largest absolute Gasteiger partial charge is 0.490 e. The Morgan fingerprint density at radius 1 is 1.12 bits per heavy atom. The van der Waals surface area contributed by atoms with E-state index in [-0.39, 0.29) is 11.1 Å². The molecular weight excluding hydrogens is 326 g/mol. The number of ether oxygens (including phenoxy) is 1. The third kappa shape index (κ3) is 2.82. The lowest BCUT2D eigenvalue weighted by Gasteiger charge is -2.19. The average molecular weight is 347 g/mol. The number of para-hydroxylation sites is 1. The van der Waals surface area contributed by atoms with Crippen LogP contribution in [0, 0.1) is 11.8 Å². The van der Waals surface area contributed by atoms with Crippen molar-refractivity contribution in [1.82, 2.24) is 13.9 Å². The van der Waals surface area contributed by atoms with Gasteiger partial charge in [0.25, 0.3) is 10.0 Å². The molecule has 1 aliphatic heterocycles. The molecule has 2 fully saturated rings. The maximum Gasteiger partial charge on any atom is 0.262 e. The van der Waals surface area contributed by atoms with Gasteiger partial charge in [0.2, 0.25) is 0 Å². The van der Waals surface area contributed by atoms with E-state index in [9.17, 15) is 8.42 Å². The molecule has 2 heterocycles. The van der Waals surface area contributed by atoms with E-state index in [2.05, 4.69) is 4.98 Å². The van der Waals surface area contributed by atoms with Gasteiger partial charge in [-0.1, -0.05) is 18.2 Å². The molecule has 4 rings (SSSR count). The van der Waals surface area contributed by atoms with Crippen molar-refractivity contribution in [3.63, 3.8) is 0 Å². The SMILES string of the molecule is Cn1cnc(S(=O)(=O)N2C[C@H]3CC(Oc4ccccc4)C[C@H]3C2)c1. The van der Waals surface area contributed by atoms with E-state index >= 15 is 0 Å². The molecule has 6 nitrogen and oxygen atoms in total. The topological polar surface area (TPSA) is 64.4 Å². The van der Waals surface area contributed by atoms with Gasteiger partial charge in [0.05, 0.1) is 12.4 Å². The number of imidazole rings is 1. The Hall–Kier alpha value is -1.86. The summed E-state index contributed by atoms with van der Waals surface area (Å²) in [5, 5.41) is 0.141. The highest BCUT2D eigenvalue weighted by Crippen LogP contribution is 2.41. The lowest BCUT2D eigenvalue weighted by Crippen LogP contribution is -2.31. The highest BCUT2D eigenvalue weighted by molar-refractivity contribution is 7.89. The van der Waals surface area contributed by atoms with Gasteiger partial charge < -0.3 is 9.30 Å². The molecule has 3 atom stereocenters. The highest BCUT2D eigenvalue weighted by Gasteiger charge is 2.46. The Balaban J connectivity index is 1.41. The van der Waals surface area contributed by atoms with E-state index < -0.39 is 10.0 Å². The van der Waals surface area contributed by atoms with Crippen LogP contribution in [-0.4, -0.2) is 41.5 Å². The van der Waals surface area contributed by atoms with Gasteiger partial charge in [0, 0.05) is 26.3 Å². The second-order valence-corrected chi connectivity index (χ2v) is 8.63. The number of benzene rings is 1. The fourth-order valence-corrected chi connectivity index (χ4v) is 5.36. The van der Waals surface area contributed by atoms with E-state index in [1.165, 1.54) is 6.33 Å². The minimum atomic E-state index is -3.48. The van der Waals surface area contributed by atoms with Crippen molar-refractivity contribution >= 4 is 10.0 Å². The number of hydrogen-bond donors (Lipinski definition) is 0. The van der Waals surface area contributed by atoms with Crippen LogP contribution in [0.5, 0.6) is 5.75 Å². The van der Waals surface area contributed by atoms with Crippen LogP contribution in [0.15, 0.2) is 47.9 Å². The molecule has 1 saturated heterocycles. The normalized spacial score (nSPS) is 27.3. The third-order valence-electron chi connectivity index (χ3n) is 5.01. The number of aryl methyl sites for hydroxylation is 1. The van der Waals surface area contributed by atoms with Crippen molar-refractivity contribution in [2.45, 2.75) is 24.0 Å². The number of aromatic nitrogens is 2. The minimum absolute atomic E-state index is 0.141. The second-order valence-electron chi connectivity index (χ2n) is 6.74. The van der Waals surface area contributed by atoms with Crippen molar-refractivity contribution in [3.8, 4) is 5.75 Å². The summed E-state index contributed by atoms with van der Waals surface area (Å²) >= 11 is 0. The van der Waals surface area contributed by atoms with E-state index in [1.54, 1.807) is 22.1 Å². The Kier molecular flexibility index (Phi) is 3.85. The summed E-state index contributed by atoms with van der Waals surface area (Å²) in [5.41, 5.74) is 0. The molecule has 2 aromatic rings. The van der Waals surface area contributed by atoms with E-state index in [1.807, 2.05) is 30.3 Å². The van der Waals surface area contributed by atoms with Gasteiger partial charge in [-0.25, -0.2) is 13.4 Å². The third-order valence-corrected chi connectivity index (χ3v) is 6.72. The number of sulfonamides is 1. The van der Waals surface area contributed by atoms with Crippen LogP contribution in [0.2, 0.25) is 0 Å².